The standard InChI is InChI=1S/C10H20N4O/c1-8(3-4-15)13-9(5-11)10-6-12-7-14(10)2/h6-9,13,15H,3-5,11H2,1-2H3. The van der Waals surface area contributed by atoms with Crippen molar-refractivity contribution in [2.75, 3.05) is 13.2 Å². The lowest BCUT2D eigenvalue weighted by Crippen LogP contribution is -2.36. The third-order valence-electron chi connectivity index (χ3n) is 2.49. The highest BCUT2D eigenvalue weighted by Gasteiger charge is 2.15. The molecular formula is C10H20N4O. The van der Waals surface area contributed by atoms with Crippen molar-refractivity contribution in [2.24, 2.45) is 12.8 Å². The predicted molar refractivity (Wildman–Crippen MR) is 59.3 cm³/mol. The van der Waals surface area contributed by atoms with Gasteiger partial charge in [-0.2, -0.15) is 0 Å². The first-order valence-electron chi connectivity index (χ1n) is 5.22. The van der Waals surface area contributed by atoms with Gasteiger partial charge in [0.1, 0.15) is 0 Å². The zero-order valence-electron chi connectivity index (χ0n) is 9.35. The quantitative estimate of drug-likeness (QED) is 0.609. The summed E-state index contributed by atoms with van der Waals surface area (Å²) >= 11 is 0. The molecule has 0 amide bonds. The molecule has 4 N–H and O–H groups in total. The van der Waals surface area contributed by atoms with Gasteiger partial charge < -0.3 is 20.7 Å². The number of nitrogens with zero attached hydrogens (tertiary/aromatic N) is 2. The second kappa shape index (κ2) is 5.85. The van der Waals surface area contributed by atoms with E-state index >= 15 is 0 Å². The lowest BCUT2D eigenvalue weighted by atomic mass is 10.1. The Kier molecular flexibility index (Phi) is 4.74. The maximum atomic E-state index is 8.82. The first-order valence-corrected chi connectivity index (χ1v) is 5.22. The van der Waals surface area contributed by atoms with Gasteiger partial charge in [0.05, 0.1) is 18.1 Å². The summed E-state index contributed by atoms with van der Waals surface area (Å²) < 4.78 is 1.95. The zero-order valence-corrected chi connectivity index (χ0v) is 9.35. The van der Waals surface area contributed by atoms with E-state index in [1.807, 2.05) is 24.7 Å². The summed E-state index contributed by atoms with van der Waals surface area (Å²) in [5.41, 5.74) is 6.78. The molecule has 0 aliphatic carbocycles. The van der Waals surface area contributed by atoms with Crippen LogP contribution in [0.15, 0.2) is 12.5 Å². The molecule has 1 rings (SSSR count). The lowest BCUT2D eigenvalue weighted by Gasteiger charge is -2.21. The Morgan fingerprint density at radius 3 is 2.87 bits per heavy atom. The van der Waals surface area contributed by atoms with E-state index in [1.165, 1.54) is 0 Å². The Morgan fingerprint density at radius 2 is 2.40 bits per heavy atom. The number of nitrogens with one attached hydrogen (secondary N) is 1. The molecule has 5 heteroatoms. The van der Waals surface area contributed by atoms with Crippen molar-refractivity contribution in [3.63, 3.8) is 0 Å². The van der Waals surface area contributed by atoms with Gasteiger partial charge in [-0.25, -0.2) is 4.98 Å². The Bertz CT molecular complexity index is 287. The normalized spacial score (nSPS) is 15.2. The molecule has 0 aliphatic rings. The largest absolute Gasteiger partial charge is 0.396 e. The van der Waals surface area contributed by atoms with Crippen molar-refractivity contribution in [1.82, 2.24) is 14.9 Å². The summed E-state index contributed by atoms with van der Waals surface area (Å²) in [6.07, 6.45) is 4.31. The molecule has 0 aliphatic heterocycles. The third kappa shape index (κ3) is 3.30. The van der Waals surface area contributed by atoms with Gasteiger partial charge in [0, 0.05) is 32.4 Å². The average Bonchev–Trinajstić information content (AvgIpc) is 2.61. The molecule has 0 bridgehead atoms. The highest BCUT2D eigenvalue weighted by atomic mass is 16.3. The molecule has 0 saturated carbocycles. The summed E-state index contributed by atoms with van der Waals surface area (Å²) in [6.45, 7) is 2.75. The van der Waals surface area contributed by atoms with Crippen LogP contribution in [0.25, 0.3) is 0 Å². The number of aromatic nitrogens is 2. The molecule has 0 spiro atoms. The fourth-order valence-electron chi connectivity index (χ4n) is 1.60. The molecule has 1 aromatic heterocycles. The number of aliphatic hydroxyl groups excluding tert-OH is 1. The Labute approximate surface area is 90.3 Å². The third-order valence-corrected chi connectivity index (χ3v) is 2.49. The average molecular weight is 212 g/mol. The van der Waals surface area contributed by atoms with E-state index in [4.69, 9.17) is 10.8 Å². The van der Waals surface area contributed by atoms with Crippen molar-refractivity contribution in [2.45, 2.75) is 25.4 Å². The number of imidazole rings is 1. The van der Waals surface area contributed by atoms with Crippen molar-refractivity contribution in [3.8, 4) is 0 Å². The second-order valence-corrected chi connectivity index (χ2v) is 3.80. The minimum absolute atomic E-state index is 0.0963. The molecule has 0 saturated heterocycles. The van der Waals surface area contributed by atoms with Crippen molar-refractivity contribution in [1.29, 1.82) is 0 Å². The van der Waals surface area contributed by atoms with Crippen LogP contribution in [0.5, 0.6) is 0 Å². The molecule has 1 aromatic rings. The SMILES string of the molecule is CC(CCO)NC(CN)c1cncn1C. The van der Waals surface area contributed by atoms with Gasteiger partial charge in [-0.05, 0) is 13.3 Å². The molecule has 1 heterocycles. The molecule has 0 fully saturated rings. The molecule has 2 unspecified atom stereocenters. The maximum absolute atomic E-state index is 8.82. The predicted octanol–water partition coefficient (Wildman–Crippen LogP) is -0.220. The first-order chi connectivity index (χ1) is 7.19. The lowest BCUT2D eigenvalue weighted by molar-refractivity contribution is 0.262. The van der Waals surface area contributed by atoms with Crippen molar-refractivity contribution >= 4 is 0 Å². The fraction of sp³-hybridized carbons (Fsp3) is 0.700. The fourth-order valence-corrected chi connectivity index (χ4v) is 1.60. The van der Waals surface area contributed by atoms with Crippen molar-refractivity contribution in [3.05, 3.63) is 18.2 Å². The van der Waals surface area contributed by atoms with Gasteiger partial charge in [0.15, 0.2) is 0 Å². The van der Waals surface area contributed by atoms with Crippen molar-refractivity contribution < 1.29 is 5.11 Å². The minimum Gasteiger partial charge on any atom is -0.396 e. The molecular weight excluding hydrogens is 192 g/mol. The van der Waals surface area contributed by atoms with Crippen LogP contribution < -0.4 is 11.1 Å². The first kappa shape index (κ1) is 12.2. The number of aliphatic hydroxyl groups is 1. The minimum atomic E-state index is 0.0963. The molecule has 0 aromatic carbocycles. The second-order valence-electron chi connectivity index (χ2n) is 3.80. The summed E-state index contributed by atoms with van der Waals surface area (Å²) in [5.74, 6) is 0. The van der Waals surface area contributed by atoms with Crippen LogP contribution >= 0.6 is 0 Å². The number of nitrogens with two attached hydrogens (primary N) is 1. The molecule has 0 radical (unpaired) electrons. The monoisotopic (exact) mass is 212 g/mol. The number of hydrogen-bond acceptors (Lipinski definition) is 4. The number of rotatable bonds is 6. The smallest absolute Gasteiger partial charge is 0.0946 e. The number of aryl methyl sites for hydroxylation is 1. The summed E-state index contributed by atoms with van der Waals surface area (Å²) in [6, 6.07) is 0.345. The van der Waals surface area contributed by atoms with Gasteiger partial charge >= 0.3 is 0 Å². The van der Waals surface area contributed by atoms with Gasteiger partial charge in [0.25, 0.3) is 0 Å². The van der Waals surface area contributed by atoms with Gasteiger partial charge in [-0.15, -0.1) is 0 Å². The van der Waals surface area contributed by atoms with Crippen LogP contribution in [0, 0.1) is 0 Å². The van der Waals surface area contributed by atoms with E-state index < -0.39 is 0 Å². The molecule has 2 atom stereocenters. The van der Waals surface area contributed by atoms with Gasteiger partial charge in [0.2, 0.25) is 0 Å². The van der Waals surface area contributed by atoms with Crippen LogP contribution in [-0.4, -0.2) is 33.9 Å². The van der Waals surface area contributed by atoms with Crippen LogP contribution in [0.3, 0.4) is 0 Å². The number of hydrogen-bond donors (Lipinski definition) is 3. The van der Waals surface area contributed by atoms with E-state index in [9.17, 15) is 0 Å². The van der Waals surface area contributed by atoms with Gasteiger partial charge in [-0.3, -0.25) is 0 Å². The summed E-state index contributed by atoms with van der Waals surface area (Å²) in [4.78, 5) is 4.06. The zero-order chi connectivity index (χ0) is 11.3. The highest BCUT2D eigenvalue weighted by molar-refractivity contribution is 5.05. The van der Waals surface area contributed by atoms with E-state index in [1.54, 1.807) is 6.33 Å². The van der Waals surface area contributed by atoms with E-state index in [0.29, 0.717) is 6.54 Å². The van der Waals surface area contributed by atoms with Crippen LogP contribution in [0.2, 0.25) is 0 Å². The van der Waals surface area contributed by atoms with E-state index in [-0.39, 0.29) is 18.7 Å². The van der Waals surface area contributed by atoms with Gasteiger partial charge in [-0.1, -0.05) is 0 Å². The molecule has 86 valence electrons. The summed E-state index contributed by atoms with van der Waals surface area (Å²) in [7, 11) is 1.95. The molecule has 5 nitrogen and oxygen atoms in total. The maximum Gasteiger partial charge on any atom is 0.0946 e. The van der Waals surface area contributed by atoms with E-state index in [2.05, 4.69) is 10.3 Å². The Morgan fingerprint density at radius 1 is 1.67 bits per heavy atom. The Hall–Kier alpha value is -0.910. The van der Waals surface area contributed by atoms with Crippen LogP contribution in [-0.2, 0) is 7.05 Å². The van der Waals surface area contributed by atoms with Crippen LogP contribution in [0.1, 0.15) is 25.1 Å². The molecule has 15 heavy (non-hydrogen) atoms. The van der Waals surface area contributed by atoms with E-state index in [0.717, 1.165) is 12.1 Å². The topological polar surface area (TPSA) is 76.1 Å². The highest BCUT2D eigenvalue weighted by Crippen LogP contribution is 2.11. The Balaban J connectivity index is 2.60. The van der Waals surface area contributed by atoms with Crippen LogP contribution in [0.4, 0.5) is 0 Å². The summed E-state index contributed by atoms with van der Waals surface area (Å²) in [5, 5.41) is 12.2.